The summed E-state index contributed by atoms with van der Waals surface area (Å²) in [6.45, 7) is 3.51. The second kappa shape index (κ2) is 8.14. The molecule has 2 N–H and O–H groups in total. The highest BCUT2D eigenvalue weighted by molar-refractivity contribution is 6.30. The lowest BCUT2D eigenvalue weighted by molar-refractivity contribution is -0.133. The van der Waals surface area contributed by atoms with E-state index in [2.05, 4.69) is 4.57 Å². The van der Waals surface area contributed by atoms with Gasteiger partial charge in [-0.2, -0.15) is 0 Å². The van der Waals surface area contributed by atoms with E-state index in [0.29, 0.717) is 49.3 Å². The van der Waals surface area contributed by atoms with Crippen LogP contribution in [0.5, 0.6) is 0 Å². The molecule has 3 aliphatic rings. The fraction of sp³-hybridized carbons (Fsp3) is 0.600. The minimum absolute atomic E-state index is 0.321. The minimum atomic E-state index is -0.826. The van der Waals surface area contributed by atoms with Crippen molar-refractivity contribution in [2.45, 2.75) is 75.9 Å². The molecular formula is C25H31ClFN3O2. The Morgan fingerprint density at radius 3 is 2.34 bits per heavy atom. The fourth-order valence-corrected chi connectivity index (χ4v) is 5.34. The van der Waals surface area contributed by atoms with E-state index >= 15 is 0 Å². The third-order valence-electron chi connectivity index (χ3n) is 7.68. The van der Waals surface area contributed by atoms with Gasteiger partial charge in [-0.3, -0.25) is 4.79 Å². The summed E-state index contributed by atoms with van der Waals surface area (Å²) >= 11 is 6.69. The number of carbonyl (C=O) groups excluding carboxylic acids is 1. The first kappa shape index (κ1) is 21.9. The van der Waals surface area contributed by atoms with E-state index in [-0.39, 0.29) is 11.7 Å². The molecule has 172 valence electrons. The summed E-state index contributed by atoms with van der Waals surface area (Å²) in [5, 5.41) is 0.687. The largest absolute Gasteiger partial charge is 0.369 e. The van der Waals surface area contributed by atoms with Crippen LogP contribution in [0.2, 0.25) is 5.15 Å². The molecule has 1 aromatic carbocycles. The Balaban J connectivity index is 1.49. The molecule has 3 fully saturated rings. The molecule has 5 nitrogen and oxygen atoms in total. The molecule has 2 aromatic rings. The number of hydrogen-bond acceptors (Lipinski definition) is 3. The predicted octanol–water partition coefficient (Wildman–Crippen LogP) is 5.01. The smallest absolute Gasteiger partial charge is 0.228 e. The Kier molecular flexibility index (Phi) is 5.57. The van der Waals surface area contributed by atoms with Crippen molar-refractivity contribution in [2.75, 3.05) is 6.61 Å². The normalized spacial score (nSPS) is 28.1. The highest BCUT2D eigenvalue weighted by Gasteiger charge is 2.51. The number of carbonyl (C=O) groups is 1. The highest BCUT2D eigenvalue weighted by atomic mass is 35.5. The molecule has 7 heteroatoms. The van der Waals surface area contributed by atoms with Crippen LogP contribution in [-0.2, 0) is 27.1 Å². The van der Waals surface area contributed by atoms with E-state index in [0.717, 1.165) is 23.6 Å². The minimum Gasteiger partial charge on any atom is -0.369 e. The topological polar surface area (TPSA) is 70.1 Å². The number of hydrogen-bond donors (Lipinski definition) is 1. The maximum Gasteiger partial charge on any atom is 0.228 e. The van der Waals surface area contributed by atoms with Crippen LogP contribution in [0.4, 0.5) is 4.39 Å². The molecule has 5 rings (SSSR count). The molecule has 0 unspecified atom stereocenters. The van der Waals surface area contributed by atoms with Crippen molar-refractivity contribution < 1.29 is 13.9 Å². The number of halogens is 2. The monoisotopic (exact) mass is 459 g/mol. The van der Waals surface area contributed by atoms with Crippen LogP contribution >= 0.6 is 11.6 Å². The molecule has 3 aliphatic carbocycles. The van der Waals surface area contributed by atoms with Crippen LogP contribution in [0.1, 0.15) is 68.4 Å². The molecule has 0 bridgehead atoms. The average molecular weight is 460 g/mol. The number of rotatable bonds is 8. The van der Waals surface area contributed by atoms with Gasteiger partial charge in [-0.15, -0.1) is 0 Å². The number of primary amides is 1. The summed E-state index contributed by atoms with van der Waals surface area (Å²) in [6, 6.07) is 6.17. The number of aromatic nitrogens is 2. The predicted molar refractivity (Wildman–Crippen MR) is 121 cm³/mol. The van der Waals surface area contributed by atoms with Crippen molar-refractivity contribution in [3.8, 4) is 0 Å². The standard InChI is InChI=1S/C25H31ClFN3O2/c1-16-21(26)30(14-17-2-3-17)23(29-16)25(32-15-18-4-5-18)12-10-24(11-13-25,22(28)31)19-6-8-20(27)9-7-19/h6-9,17-18H,2-5,10-15H2,1H3,(H2,28,31)/t24-,25+. The number of benzene rings is 1. The van der Waals surface area contributed by atoms with Crippen LogP contribution in [0.25, 0.3) is 0 Å². The van der Waals surface area contributed by atoms with Crippen molar-refractivity contribution in [2.24, 2.45) is 17.6 Å². The van der Waals surface area contributed by atoms with Crippen molar-refractivity contribution in [1.29, 1.82) is 0 Å². The van der Waals surface area contributed by atoms with Crippen molar-refractivity contribution >= 4 is 17.5 Å². The number of aryl methyl sites for hydroxylation is 1. The number of imidazole rings is 1. The van der Waals surface area contributed by atoms with Gasteiger partial charge in [-0.05, 0) is 87.8 Å². The molecule has 1 aromatic heterocycles. The van der Waals surface area contributed by atoms with E-state index in [9.17, 15) is 9.18 Å². The van der Waals surface area contributed by atoms with Gasteiger partial charge in [0.15, 0.2) is 0 Å². The number of nitrogens with zero attached hydrogens (tertiary/aromatic N) is 2. The lowest BCUT2D eigenvalue weighted by atomic mass is 9.64. The van der Waals surface area contributed by atoms with Crippen LogP contribution in [-0.4, -0.2) is 22.1 Å². The van der Waals surface area contributed by atoms with Crippen LogP contribution in [0.15, 0.2) is 24.3 Å². The maximum absolute atomic E-state index is 13.5. The van der Waals surface area contributed by atoms with Gasteiger partial charge in [0.1, 0.15) is 22.4 Å². The van der Waals surface area contributed by atoms with Gasteiger partial charge in [0.25, 0.3) is 0 Å². The quantitative estimate of drug-likeness (QED) is 0.603. The number of ether oxygens (including phenoxy) is 1. The first-order valence-corrected chi connectivity index (χ1v) is 12.1. The Morgan fingerprint density at radius 1 is 1.16 bits per heavy atom. The lowest BCUT2D eigenvalue weighted by Crippen LogP contribution is -2.49. The zero-order valence-electron chi connectivity index (χ0n) is 18.6. The van der Waals surface area contributed by atoms with Crippen molar-refractivity contribution in [1.82, 2.24) is 9.55 Å². The third-order valence-corrected chi connectivity index (χ3v) is 8.16. The first-order chi connectivity index (χ1) is 15.3. The summed E-state index contributed by atoms with van der Waals surface area (Å²) in [5.41, 5.74) is 6.13. The zero-order valence-corrected chi connectivity index (χ0v) is 19.3. The Bertz CT molecular complexity index is 1000. The number of amides is 1. The van der Waals surface area contributed by atoms with E-state index in [1.807, 2.05) is 6.92 Å². The van der Waals surface area contributed by atoms with Gasteiger partial charge in [-0.25, -0.2) is 9.37 Å². The molecule has 32 heavy (non-hydrogen) atoms. The Hall–Kier alpha value is -1.92. The molecule has 3 saturated carbocycles. The highest BCUT2D eigenvalue weighted by Crippen LogP contribution is 2.50. The van der Waals surface area contributed by atoms with E-state index < -0.39 is 11.0 Å². The average Bonchev–Trinajstić information content (AvgIpc) is 3.70. The Labute approximate surface area is 193 Å². The summed E-state index contributed by atoms with van der Waals surface area (Å²) in [6.07, 6.45) is 7.16. The van der Waals surface area contributed by atoms with Crippen LogP contribution < -0.4 is 5.73 Å². The van der Waals surface area contributed by atoms with Crippen LogP contribution in [0, 0.1) is 24.6 Å². The summed E-state index contributed by atoms with van der Waals surface area (Å²) < 4.78 is 22.4. The van der Waals surface area contributed by atoms with E-state index in [4.69, 9.17) is 27.1 Å². The third kappa shape index (κ3) is 3.96. The second-order valence-electron chi connectivity index (χ2n) is 10.1. The first-order valence-electron chi connectivity index (χ1n) is 11.8. The second-order valence-corrected chi connectivity index (χ2v) is 10.4. The molecule has 1 amide bonds. The SMILES string of the molecule is Cc1nc([C@]2(OCC3CC3)CC[C@](C(N)=O)(c3ccc(F)cc3)CC2)n(CC2CC2)c1Cl. The van der Waals surface area contributed by atoms with Gasteiger partial charge in [0, 0.05) is 6.54 Å². The maximum atomic E-state index is 13.5. The molecule has 0 spiro atoms. The fourth-order valence-electron chi connectivity index (χ4n) is 5.15. The summed E-state index contributed by atoms with van der Waals surface area (Å²) in [7, 11) is 0. The van der Waals surface area contributed by atoms with Gasteiger partial charge >= 0.3 is 0 Å². The van der Waals surface area contributed by atoms with Gasteiger partial charge < -0.3 is 15.0 Å². The molecular weight excluding hydrogens is 429 g/mol. The van der Waals surface area contributed by atoms with Gasteiger partial charge in [0.05, 0.1) is 17.7 Å². The van der Waals surface area contributed by atoms with E-state index in [1.54, 1.807) is 12.1 Å². The molecule has 1 heterocycles. The summed E-state index contributed by atoms with van der Waals surface area (Å²) in [4.78, 5) is 17.6. The van der Waals surface area contributed by atoms with Crippen molar-refractivity contribution in [3.63, 3.8) is 0 Å². The zero-order chi connectivity index (χ0) is 22.5. The molecule has 0 radical (unpaired) electrons. The van der Waals surface area contributed by atoms with Gasteiger partial charge in [-0.1, -0.05) is 23.7 Å². The Morgan fingerprint density at radius 2 is 1.78 bits per heavy atom. The number of nitrogens with two attached hydrogens (primary N) is 1. The molecule has 0 atom stereocenters. The summed E-state index contributed by atoms with van der Waals surface area (Å²) in [5.74, 6) is 1.46. The molecule has 0 aliphatic heterocycles. The van der Waals surface area contributed by atoms with E-state index in [1.165, 1.54) is 37.8 Å². The molecule has 0 saturated heterocycles. The lowest BCUT2D eigenvalue weighted by Gasteiger charge is -2.45. The van der Waals surface area contributed by atoms with Crippen molar-refractivity contribution in [3.05, 3.63) is 52.3 Å². The van der Waals surface area contributed by atoms with Crippen LogP contribution in [0.3, 0.4) is 0 Å². The van der Waals surface area contributed by atoms with Gasteiger partial charge in [0.2, 0.25) is 5.91 Å².